The van der Waals surface area contributed by atoms with Crippen LogP contribution < -0.4 is 10.2 Å². The number of nitrogens with zero attached hydrogens (tertiary/aromatic N) is 3. The van der Waals surface area contributed by atoms with Crippen molar-refractivity contribution in [1.82, 2.24) is 14.9 Å². The van der Waals surface area contributed by atoms with Crippen LogP contribution >= 0.6 is 0 Å². The Kier molecular flexibility index (Phi) is 4.38. The molecule has 3 heterocycles. The molecule has 4 rings (SSSR count). The van der Waals surface area contributed by atoms with E-state index in [2.05, 4.69) is 14.8 Å². The van der Waals surface area contributed by atoms with Gasteiger partial charge in [-0.2, -0.15) is 0 Å². The number of imidazole rings is 1. The van der Waals surface area contributed by atoms with E-state index in [1.54, 1.807) is 0 Å². The predicted molar refractivity (Wildman–Crippen MR) is 98.4 cm³/mol. The zero-order chi connectivity index (χ0) is 18.1. The minimum absolute atomic E-state index is 0.139. The van der Waals surface area contributed by atoms with Crippen molar-refractivity contribution >= 4 is 22.9 Å². The van der Waals surface area contributed by atoms with Crippen LogP contribution in [-0.4, -0.2) is 41.8 Å². The van der Waals surface area contributed by atoms with Crippen molar-refractivity contribution in [2.45, 2.75) is 13.5 Å². The molecule has 0 radical (unpaired) electrons. The van der Waals surface area contributed by atoms with Crippen LogP contribution in [0.3, 0.4) is 0 Å². The number of morpholine rings is 1. The Balaban J connectivity index is 1.53. The zero-order valence-corrected chi connectivity index (χ0v) is 15.0. The van der Waals surface area contributed by atoms with Gasteiger partial charge in [0.2, 0.25) is 5.95 Å². The second kappa shape index (κ2) is 6.84. The van der Waals surface area contributed by atoms with E-state index in [-0.39, 0.29) is 5.91 Å². The summed E-state index contributed by atoms with van der Waals surface area (Å²) in [6.45, 7) is 5.32. The fourth-order valence-electron chi connectivity index (χ4n) is 3.22. The summed E-state index contributed by atoms with van der Waals surface area (Å²) >= 11 is 0. The van der Waals surface area contributed by atoms with Crippen molar-refractivity contribution in [2.75, 3.05) is 31.2 Å². The van der Waals surface area contributed by atoms with Crippen LogP contribution in [0.4, 0.5) is 5.95 Å². The van der Waals surface area contributed by atoms with Crippen molar-refractivity contribution in [3.8, 4) is 0 Å². The van der Waals surface area contributed by atoms with Crippen LogP contribution in [0.5, 0.6) is 0 Å². The highest BCUT2D eigenvalue weighted by atomic mass is 16.5. The molecular formula is C19H22N4O3. The summed E-state index contributed by atoms with van der Waals surface area (Å²) in [5.74, 6) is 2.34. The molecule has 26 heavy (non-hydrogen) atoms. The monoisotopic (exact) mass is 354 g/mol. The molecule has 1 fully saturated rings. The quantitative estimate of drug-likeness (QED) is 0.778. The van der Waals surface area contributed by atoms with Crippen LogP contribution in [0.2, 0.25) is 0 Å². The minimum atomic E-state index is -0.139. The molecule has 1 saturated heterocycles. The maximum Gasteiger partial charge on any atom is 0.251 e. The normalized spacial score (nSPS) is 14.8. The highest BCUT2D eigenvalue weighted by Crippen LogP contribution is 2.23. The van der Waals surface area contributed by atoms with Gasteiger partial charge in [0.1, 0.15) is 11.5 Å². The molecule has 1 aliphatic heterocycles. The van der Waals surface area contributed by atoms with Crippen molar-refractivity contribution in [3.63, 3.8) is 0 Å². The lowest BCUT2D eigenvalue weighted by atomic mass is 10.2. The Bertz CT molecular complexity index is 938. The number of amides is 1. The molecule has 3 aromatic rings. The molecule has 1 amide bonds. The highest BCUT2D eigenvalue weighted by molar-refractivity contribution is 5.97. The summed E-state index contributed by atoms with van der Waals surface area (Å²) in [6, 6.07) is 9.36. The number of carbonyl (C=O) groups is 1. The maximum absolute atomic E-state index is 12.4. The van der Waals surface area contributed by atoms with E-state index in [9.17, 15) is 4.79 Å². The number of aryl methyl sites for hydroxylation is 2. The first-order chi connectivity index (χ1) is 12.6. The first-order valence-corrected chi connectivity index (χ1v) is 8.74. The number of benzene rings is 1. The van der Waals surface area contributed by atoms with E-state index < -0.39 is 0 Å². The molecule has 136 valence electrons. The molecule has 0 bridgehead atoms. The second-order valence-electron chi connectivity index (χ2n) is 6.47. The van der Waals surface area contributed by atoms with Gasteiger partial charge in [-0.25, -0.2) is 4.98 Å². The lowest BCUT2D eigenvalue weighted by Crippen LogP contribution is -2.37. The van der Waals surface area contributed by atoms with Gasteiger partial charge in [0.05, 0.1) is 30.8 Å². The third-order valence-corrected chi connectivity index (χ3v) is 4.63. The summed E-state index contributed by atoms with van der Waals surface area (Å²) in [5, 5.41) is 2.88. The Labute approximate surface area is 151 Å². The number of nitrogens with one attached hydrogen (secondary N) is 1. The number of furan rings is 1. The third kappa shape index (κ3) is 3.17. The Morgan fingerprint density at radius 2 is 2.04 bits per heavy atom. The van der Waals surface area contributed by atoms with E-state index in [4.69, 9.17) is 14.1 Å². The standard InChI is InChI=1S/C19H22N4O3/c1-13-3-5-15(26-13)12-20-18(24)14-4-6-17-16(11-14)21-19(22(17)2)23-7-9-25-10-8-23/h3-6,11H,7-10,12H2,1-2H3,(H,20,24). The Morgan fingerprint density at radius 1 is 1.23 bits per heavy atom. The molecule has 0 aliphatic carbocycles. The molecule has 0 atom stereocenters. The molecule has 1 N–H and O–H groups in total. The summed E-state index contributed by atoms with van der Waals surface area (Å²) in [4.78, 5) is 19.4. The Morgan fingerprint density at radius 3 is 2.77 bits per heavy atom. The molecule has 2 aromatic heterocycles. The minimum Gasteiger partial charge on any atom is -0.465 e. The van der Waals surface area contributed by atoms with Crippen molar-refractivity contribution in [2.24, 2.45) is 7.05 Å². The average Bonchev–Trinajstić information content (AvgIpc) is 3.23. The highest BCUT2D eigenvalue weighted by Gasteiger charge is 2.18. The van der Waals surface area contributed by atoms with Crippen molar-refractivity contribution in [1.29, 1.82) is 0 Å². The number of fused-ring (bicyclic) bond motifs is 1. The largest absolute Gasteiger partial charge is 0.465 e. The van der Waals surface area contributed by atoms with Crippen LogP contribution in [0.15, 0.2) is 34.7 Å². The van der Waals surface area contributed by atoms with E-state index in [0.29, 0.717) is 25.3 Å². The predicted octanol–water partition coefficient (Wildman–Crippen LogP) is 2.24. The first-order valence-electron chi connectivity index (χ1n) is 8.74. The number of aromatic nitrogens is 2. The fraction of sp³-hybridized carbons (Fsp3) is 0.368. The van der Waals surface area contributed by atoms with Gasteiger partial charge in [-0.1, -0.05) is 0 Å². The van der Waals surface area contributed by atoms with E-state index in [0.717, 1.165) is 41.6 Å². The van der Waals surface area contributed by atoms with Gasteiger partial charge in [-0.15, -0.1) is 0 Å². The summed E-state index contributed by atoms with van der Waals surface area (Å²) in [6.07, 6.45) is 0. The number of carbonyl (C=O) groups excluding carboxylic acids is 1. The van der Waals surface area contributed by atoms with E-state index >= 15 is 0 Å². The molecule has 1 aliphatic rings. The average molecular weight is 354 g/mol. The van der Waals surface area contributed by atoms with Gasteiger partial charge in [0, 0.05) is 25.7 Å². The van der Waals surface area contributed by atoms with Gasteiger partial charge < -0.3 is 23.9 Å². The number of hydrogen-bond acceptors (Lipinski definition) is 5. The molecule has 0 unspecified atom stereocenters. The summed E-state index contributed by atoms with van der Waals surface area (Å²) in [5.41, 5.74) is 2.41. The SMILES string of the molecule is Cc1ccc(CNC(=O)c2ccc3c(c2)nc(N2CCOCC2)n3C)o1. The zero-order valence-electron chi connectivity index (χ0n) is 15.0. The fourth-order valence-corrected chi connectivity index (χ4v) is 3.22. The Hall–Kier alpha value is -2.80. The first kappa shape index (κ1) is 16.7. The number of hydrogen-bond donors (Lipinski definition) is 1. The third-order valence-electron chi connectivity index (χ3n) is 4.63. The van der Waals surface area contributed by atoms with Crippen LogP contribution in [-0.2, 0) is 18.3 Å². The van der Waals surface area contributed by atoms with Crippen LogP contribution in [0, 0.1) is 6.92 Å². The topological polar surface area (TPSA) is 72.5 Å². The lowest BCUT2D eigenvalue weighted by Gasteiger charge is -2.27. The number of anilines is 1. The van der Waals surface area contributed by atoms with E-state index in [1.807, 2.05) is 44.3 Å². The summed E-state index contributed by atoms with van der Waals surface area (Å²) in [7, 11) is 2.00. The smallest absolute Gasteiger partial charge is 0.251 e. The molecule has 0 spiro atoms. The van der Waals surface area contributed by atoms with Gasteiger partial charge in [0.15, 0.2) is 0 Å². The number of ether oxygens (including phenoxy) is 1. The van der Waals surface area contributed by atoms with Crippen molar-refractivity contribution in [3.05, 3.63) is 47.4 Å². The second-order valence-corrected chi connectivity index (χ2v) is 6.47. The summed E-state index contributed by atoms with van der Waals surface area (Å²) < 4.78 is 13.0. The van der Waals surface area contributed by atoms with Crippen LogP contribution in [0.1, 0.15) is 21.9 Å². The van der Waals surface area contributed by atoms with Gasteiger partial charge >= 0.3 is 0 Å². The van der Waals surface area contributed by atoms with Crippen LogP contribution in [0.25, 0.3) is 11.0 Å². The molecule has 7 heteroatoms. The van der Waals surface area contributed by atoms with Gasteiger partial charge in [0.25, 0.3) is 5.91 Å². The van der Waals surface area contributed by atoms with Crippen molar-refractivity contribution < 1.29 is 13.9 Å². The maximum atomic E-state index is 12.4. The van der Waals surface area contributed by atoms with E-state index in [1.165, 1.54) is 0 Å². The molecule has 0 saturated carbocycles. The number of rotatable bonds is 4. The van der Waals surface area contributed by atoms with Gasteiger partial charge in [-0.05, 0) is 37.3 Å². The lowest BCUT2D eigenvalue weighted by molar-refractivity contribution is 0.0948. The molecular weight excluding hydrogens is 332 g/mol. The van der Waals surface area contributed by atoms with Gasteiger partial charge in [-0.3, -0.25) is 4.79 Å². The molecule has 7 nitrogen and oxygen atoms in total. The molecule has 1 aromatic carbocycles.